The molecule has 0 aromatic heterocycles. The van der Waals surface area contributed by atoms with Gasteiger partial charge in [-0.1, -0.05) is 11.6 Å². The second-order valence-corrected chi connectivity index (χ2v) is 5.53. The largest absolute Gasteiger partial charge is 0.493 e. The molecular formula is C14H16ClNO2. The predicted octanol–water partition coefficient (Wildman–Crippen LogP) is 2.00. The van der Waals surface area contributed by atoms with Crippen molar-refractivity contribution < 1.29 is 9.53 Å². The minimum atomic E-state index is 0.279. The van der Waals surface area contributed by atoms with Gasteiger partial charge in [-0.2, -0.15) is 0 Å². The van der Waals surface area contributed by atoms with E-state index in [4.69, 9.17) is 16.3 Å². The molecule has 1 N–H and O–H groups in total. The van der Waals surface area contributed by atoms with Gasteiger partial charge in [0.2, 0.25) is 0 Å². The zero-order valence-corrected chi connectivity index (χ0v) is 10.9. The van der Waals surface area contributed by atoms with Gasteiger partial charge < -0.3 is 10.1 Å². The Bertz CT molecular complexity index is 483. The van der Waals surface area contributed by atoms with Crippen LogP contribution in [0.5, 0.6) is 5.75 Å². The minimum absolute atomic E-state index is 0.279. The van der Waals surface area contributed by atoms with Crippen LogP contribution < -0.4 is 10.1 Å². The summed E-state index contributed by atoms with van der Waals surface area (Å²) in [5, 5.41) is 3.88. The minimum Gasteiger partial charge on any atom is -0.493 e. The van der Waals surface area contributed by atoms with Gasteiger partial charge in [-0.25, -0.2) is 0 Å². The molecule has 0 amide bonds. The van der Waals surface area contributed by atoms with Crippen molar-refractivity contribution in [1.82, 2.24) is 5.32 Å². The lowest BCUT2D eigenvalue weighted by molar-refractivity contribution is -0.119. The summed E-state index contributed by atoms with van der Waals surface area (Å²) in [5.41, 5.74) is 2.09. The zero-order valence-electron chi connectivity index (χ0n) is 10.2. The number of nitrogens with one attached hydrogen (secondary N) is 1. The van der Waals surface area contributed by atoms with Crippen molar-refractivity contribution in [2.24, 2.45) is 5.92 Å². The summed E-state index contributed by atoms with van der Waals surface area (Å²) in [6.45, 7) is 2.63. The van der Waals surface area contributed by atoms with E-state index in [0.29, 0.717) is 30.4 Å². The normalized spacial score (nSPS) is 18.1. The van der Waals surface area contributed by atoms with E-state index in [9.17, 15) is 4.79 Å². The molecule has 2 heterocycles. The summed E-state index contributed by atoms with van der Waals surface area (Å²) in [6.07, 6.45) is 2.00. The summed E-state index contributed by atoms with van der Waals surface area (Å²) in [5.74, 6) is 1.69. The van der Waals surface area contributed by atoms with Gasteiger partial charge in [0.05, 0.1) is 6.61 Å². The molecule has 0 aliphatic carbocycles. The van der Waals surface area contributed by atoms with E-state index in [1.165, 1.54) is 0 Å². The summed E-state index contributed by atoms with van der Waals surface area (Å²) >= 11 is 6.08. The van der Waals surface area contributed by atoms with Crippen molar-refractivity contribution in [3.8, 4) is 5.75 Å². The van der Waals surface area contributed by atoms with E-state index in [1.807, 2.05) is 12.1 Å². The standard InChI is InChI=1S/C14H16ClNO2/c15-12-4-10-1-2-18-14(10)11(5-12)6-13(17)3-9-7-16-8-9/h4-5,9,16H,1-3,6-8H2. The fourth-order valence-electron chi connectivity index (χ4n) is 2.58. The molecule has 0 spiro atoms. The molecule has 18 heavy (non-hydrogen) atoms. The monoisotopic (exact) mass is 265 g/mol. The fraction of sp³-hybridized carbons (Fsp3) is 0.500. The van der Waals surface area contributed by atoms with Gasteiger partial charge in [0.25, 0.3) is 0 Å². The summed E-state index contributed by atoms with van der Waals surface area (Å²) in [6, 6.07) is 3.80. The van der Waals surface area contributed by atoms with Crippen LogP contribution in [0.2, 0.25) is 5.02 Å². The van der Waals surface area contributed by atoms with Crippen LogP contribution in [0, 0.1) is 5.92 Å². The van der Waals surface area contributed by atoms with Crippen LogP contribution in [0.3, 0.4) is 0 Å². The van der Waals surface area contributed by atoms with Crippen LogP contribution in [-0.4, -0.2) is 25.5 Å². The SMILES string of the molecule is O=C(Cc1cc(Cl)cc2c1OCC2)CC1CNC1. The Morgan fingerprint density at radius 2 is 2.28 bits per heavy atom. The van der Waals surface area contributed by atoms with Gasteiger partial charge in [-0.3, -0.25) is 4.79 Å². The third kappa shape index (κ3) is 2.38. The number of ether oxygens (including phenoxy) is 1. The van der Waals surface area contributed by atoms with Crippen molar-refractivity contribution in [2.45, 2.75) is 19.3 Å². The molecule has 3 nitrogen and oxygen atoms in total. The zero-order chi connectivity index (χ0) is 12.5. The summed E-state index contributed by atoms with van der Waals surface area (Å²) in [4.78, 5) is 12.0. The molecule has 2 aliphatic rings. The molecule has 0 unspecified atom stereocenters. The first-order chi connectivity index (χ1) is 8.72. The van der Waals surface area contributed by atoms with E-state index >= 15 is 0 Å². The number of carbonyl (C=O) groups is 1. The maximum absolute atomic E-state index is 12.0. The number of benzene rings is 1. The van der Waals surface area contributed by atoms with Gasteiger partial charge in [0.1, 0.15) is 11.5 Å². The van der Waals surface area contributed by atoms with Crippen LogP contribution in [0.4, 0.5) is 0 Å². The van der Waals surface area contributed by atoms with Gasteiger partial charge in [-0.05, 0) is 36.7 Å². The number of rotatable bonds is 4. The molecule has 0 saturated carbocycles. The summed E-state index contributed by atoms with van der Waals surface area (Å²) < 4.78 is 5.61. The Labute approximate surface area is 111 Å². The lowest BCUT2D eigenvalue weighted by atomic mass is 9.93. The molecule has 3 rings (SSSR count). The highest BCUT2D eigenvalue weighted by atomic mass is 35.5. The molecule has 4 heteroatoms. The first-order valence-electron chi connectivity index (χ1n) is 6.39. The molecule has 0 radical (unpaired) electrons. The van der Waals surface area contributed by atoms with Crippen LogP contribution >= 0.6 is 11.6 Å². The number of halogens is 1. The lowest BCUT2D eigenvalue weighted by Gasteiger charge is -2.26. The van der Waals surface area contributed by atoms with Crippen LogP contribution in [0.25, 0.3) is 0 Å². The molecule has 2 aliphatic heterocycles. The highest BCUT2D eigenvalue weighted by Gasteiger charge is 2.23. The Hall–Kier alpha value is -1.06. The quantitative estimate of drug-likeness (QED) is 0.905. The molecule has 1 fully saturated rings. The van der Waals surface area contributed by atoms with Crippen LogP contribution in [-0.2, 0) is 17.6 Å². The third-order valence-corrected chi connectivity index (χ3v) is 3.81. The molecular weight excluding hydrogens is 250 g/mol. The Kier molecular flexibility index (Phi) is 3.27. The molecule has 1 saturated heterocycles. The van der Waals surface area contributed by atoms with E-state index < -0.39 is 0 Å². The second-order valence-electron chi connectivity index (χ2n) is 5.10. The van der Waals surface area contributed by atoms with Crippen molar-refractivity contribution >= 4 is 17.4 Å². The van der Waals surface area contributed by atoms with Crippen LogP contribution in [0.1, 0.15) is 17.5 Å². The van der Waals surface area contributed by atoms with E-state index in [2.05, 4.69) is 5.32 Å². The molecule has 0 atom stereocenters. The fourth-order valence-corrected chi connectivity index (χ4v) is 2.84. The highest BCUT2D eigenvalue weighted by molar-refractivity contribution is 6.30. The average molecular weight is 266 g/mol. The number of fused-ring (bicyclic) bond motifs is 1. The lowest BCUT2D eigenvalue weighted by Crippen LogP contribution is -2.43. The van der Waals surface area contributed by atoms with Gasteiger partial charge >= 0.3 is 0 Å². The van der Waals surface area contributed by atoms with E-state index in [1.54, 1.807) is 0 Å². The smallest absolute Gasteiger partial charge is 0.137 e. The van der Waals surface area contributed by atoms with Gasteiger partial charge in [0.15, 0.2) is 0 Å². The Morgan fingerprint density at radius 3 is 3.00 bits per heavy atom. The Balaban J connectivity index is 1.73. The molecule has 1 aromatic rings. The molecule has 96 valence electrons. The van der Waals surface area contributed by atoms with E-state index in [0.717, 1.165) is 36.4 Å². The summed E-state index contributed by atoms with van der Waals surface area (Å²) in [7, 11) is 0. The average Bonchev–Trinajstić information content (AvgIpc) is 2.71. The van der Waals surface area contributed by atoms with Crippen LogP contribution in [0.15, 0.2) is 12.1 Å². The number of Topliss-reactive ketones (excluding diaryl/α,β-unsaturated/α-hetero) is 1. The number of carbonyl (C=O) groups excluding carboxylic acids is 1. The number of hydrogen-bond acceptors (Lipinski definition) is 3. The maximum Gasteiger partial charge on any atom is 0.137 e. The maximum atomic E-state index is 12.0. The van der Waals surface area contributed by atoms with Gasteiger partial charge in [0, 0.05) is 29.8 Å². The predicted molar refractivity (Wildman–Crippen MR) is 70.3 cm³/mol. The molecule has 1 aromatic carbocycles. The van der Waals surface area contributed by atoms with Crippen molar-refractivity contribution in [2.75, 3.05) is 19.7 Å². The second kappa shape index (κ2) is 4.90. The number of hydrogen-bond donors (Lipinski definition) is 1. The molecule has 0 bridgehead atoms. The highest BCUT2D eigenvalue weighted by Crippen LogP contribution is 2.33. The van der Waals surface area contributed by atoms with E-state index in [-0.39, 0.29) is 5.78 Å². The van der Waals surface area contributed by atoms with Crippen molar-refractivity contribution in [1.29, 1.82) is 0 Å². The van der Waals surface area contributed by atoms with Crippen molar-refractivity contribution in [3.63, 3.8) is 0 Å². The first-order valence-corrected chi connectivity index (χ1v) is 6.76. The first kappa shape index (κ1) is 12.0. The van der Waals surface area contributed by atoms with Crippen molar-refractivity contribution in [3.05, 3.63) is 28.3 Å². The van der Waals surface area contributed by atoms with Gasteiger partial charge in [-0.15, -0.1) is 0 Å². The third-order valence-electron chi connectivity index (χ3n) is 3.60. The Morgan fingerprint density at radius 1 is 1.44 bits per heavy atom. The topological polar surface area (TPSA) is 38.3 Å². The number of ketones is 1.